The summed E-state index contributed by atoms with van der Waals surface area (Å²) in [6.45, 7) is 8.58. The van der Waals surface area contributed by atoms with Gasteiger partial charge in [-0.05, 0) is 42.6 Å². The Hall–Kier alpha value is -0.750. The Labute approximate surface area is 148 Å². The van der Waals surface area contributed by atoms with Crippen LogP contribution in [0.25, 0.3) is 0 Å². The summed E-state index contributed by atoms with van der Waals surface area (Å²) in [5.74, 6) is -2.92. The lowest BCUT2D eigenvalue weighted by molar-refractivity contribution is -0.448. The number of carbonyl (C=O) groups is 1. The zero-order chi connectivity index (χ0) is 18.0. The zero-order valence-corrected chi connectivity index (χ0v) is 15.0. The molecule has 0 radical (unpaired) electrons. The molecule has 0 aromatic carbocycles. The van der Waals surface area contributed by atoms with Gasteiger partial charge in [0.25, 0.3) is 0 Å². The molecule has 0 amide bonds. The Morgan fingerprint density at radius 1 is 1.16 bits per heavy atom. The van der Waals surface area contributed by atoms with Crippen LogP contribution in [0.15, 0.2) is 12.2 Å². The molecule has 0 aromatic rings. The van der Waals surface area contributed by atoms with Crippen LogP contribution in [-0.4, -0.2) is 45.7 Å². The first-order valence-corrected chi connectivity index (χ1v) is 9.61. The van der Waals surface area contributed by atoms with Crippen LogP contribution < -0.4 is 0 Å². The molecule has 8 unspecified atom stereocenters. The fourth-order valence-electron chi connectivity index (χ4n) is 7.99. The standard InChI is InChI=1S/C20H28O5/c1-10-11-5-6-12-18-8-4-7-17(2,3)13(18)16(23)20(24,25-9-18)19(12,14(10)21)15(11)22/h11-13,15-16,22-24H,1,4-9H2,2-3H3. The molecule has 2 saturated heterocycles. The molecular formula is C20H28O5. The molecule has 2 heterocycles. The van der Waals surface area contributed by atoms with Gasteiger partial charge >= 0.3 is 0 Å². The molecule has 6 fully saturated rings. The number of ketones is 1. The summed E-state index contributed by atoms with van der Waals surface area (Å²) in [4.78, 5) is 13.3. The molecule has 2 spiro atoms. The molecule has 6 aliphatic rings. The van der Waals surface area contributed by atoms with E-state index in [-0.39, 0.29) is 34.4 Å². The fourth-order valence-corrected chi connectivity index (χ4v) is 7.99. The molecule has 6 rings (SSSR count). The highest BCUT2D eigenvalue weighted by Crippen LogP contribution is 2.76. The van der Waals surface area contributed by atoms with Gasteiger partial charge in [-0.25, -0.2) is 0 Å². The van der Waals surface area contributed by atoms with Gasteiger partial charge < -0.3 is 20.1 Å². The van der Waals surface area contributed by atoms with Crippen molar-refractivity contribution in [2.24, 2.45) is 34.0 Å². The quantitative estimate of drug-likeness (QED) is 0.576. The maximum atomic E-state index is 13.3. The van der Waals surface area contributed by atoms with E-state index in [1.807, 2.05) is 0 Å². The number of hydrogen-bond acceptors (Lipinski definition) is 5. The van der Waals surface area contributed by atoms with Crippen LogP contribution in [-0.2, 0) is 9.53 Å². The summed E-state index contributed by atoms with van der Waals surface area (Å²) in [6, 6.07) is 0. The predicted octanol–water partition coefficient (Wildman–Crippen LogP) is 1.40. The molecule has 2 aliphatic heterocycles. The Kier molecular flexibility index (Phi) is 2.88. The third-order valence-electron chi connectivity index (χ3n) is 8.77. The largest absolute Gasteiger partial charge is 0.391 e. The van der Waals surface area contributed by atoms with Gasteiger partial charge in [-0.15, -0.1) is 0 Å². The summed E-state index contributed by atoms with van der Waals surface area (Å²) in [5.41, 5.74) is -1.56. The molecular weight excluding hydrogens is 320 g/mol. The van der Waals surface area contributed by atoms with Crippen molar-refractivity contribution in [3.63, 3.8) is 0 Å². The van der Waals surface area contributed by atoms with Crippen LogP contribution in [0, 0.1) is 34.0 Å². The lowest BCUT2D eigenvalue weighted by Crippen LogP contribution is -2.83. The Balaban J connectivity index is 1.79. The summed E-state index contributed by atoms with van der Waals surface area (Å²) < 4.78 is 5.89. The Morgan fingerprint density at radius 2 is 1.88 bits per heavy atom. The van der Waals surface area contributed by atoms with Crippen LogP contribution in [0.1, 0.15) is 46.0 Å². The third kappa shape index (κ3) is 1.41. The van der Waals surface area contributed by atoms with E-state index in [9.17, 15) is 20.1 Å². The maximum Gasteiger partial charge on any atom is 0.208 e. The van der Waals surface area contributed by atoms with Crippen molar-refractivity contribution in [2.75, 3.05) is 6.61 Å². The molecule has 138 valence electrons. The first-order chi connectivity index (χ1) is 11.6. The molecule has 8 atom stereocenters. The number of ether oxygens (including phenoxy) is 1. The number of carbonyl (C=O) groups excluding carboxylic acids is 1. The summed E-state index contributed by atoms with van der Waals surface area (Å²) in [5, 5.41) is 34.0. The van der Waals surface area contributed by atoms with E-state index >= 15 is 0 Å². The molecule has 4 aliphatic carbocycles. The second kappa shape index (κ2) is 4.38. The highest BCUT2D eigenvalue weighted by Gasteiger charge is 2.85. The van der Waals surface area contributed by atoms with Gasteiger partial charge in [0, 0.05) is 17.3 Å². The van der Waals surface area contributed by atoms with Crippen molar-refractivity contribution < 1.29 is 24.9 Å². The first-order valence-electron chi connectivity index (χ1n) is 9.61. The summed E-state index contributed by atoms with van der Waals surface area (Å²) >= 11 is 0. The van der Waals surface area contributed by atoms with Crippen LogP contribution in [0.5, 0.6) is 0 Å². The minimum atomic E-state index is -2.02. The highest BCUT2D eigenvalue weighted by atomic mass is 16.6. The Morgan fingerprint density at radius 3 is 2.60 bits per heavy atom. The summed E-state index contributed by atoms with van der Waals surface area (Å²) in [6.07, 6.45) is 2.18. The average Bonchev–Trinajstić information content (AvgIpc) is 2.66. The van der Waals surface area contributed by atoms with E-state index in [4.69, 9.17) is 4.74 Å². The molecule has 4 bridgehead atoms. The van der Waals surface area contributed by atoms with Crippen molar-refractivity contribution in [3.05, 3.63) is 12.2 Å². The second-order valence-corrected chi connectivity index (χ2v) is 9.89. The minimum Gasteiger partial charge on any atom is -0.391 e. The number of rotatable bonds is 0. The van der Waals surface area contributed by atoms with Crippen molar-refractivity contribution >= 4 is 5.78 Å². The molecule has 5 heteroatoms. The van der Waals surface area contributed by atoms with Gasteiger partial charge in [0.1, 0.15) is 11.5 Å². The maximum absolute atomic E-state index is 13.3. The van der Waals surface area contributed by atoms with Crippen LogP contribution in [0.4, 0.5) is 0 Å². The molecule has 25 heavy (non-hydrogen) atoms. The van der Waals surface area contributed by atoms with Crippen molar-refractivity contribution in [2.45, 2.75) is 63.9 Å². The smallest absolute Gasteiger partial charge is 0.208 e. The van der Waals surface area contributed by atoms with Crippen LogP contribution in [0.3, 0.4) is 0 Å². The predicted molar refractivity (Wildman–Crippen MR) is 89.3 cm³/mol. The monoisotopic (exact) mass is 348 g/mol. The molecule has 3 N–H and O–H groups in total. The van der Waals surface area contributed by atoms with E-state index < -0.39 is 23.4 Å². The highest BCUT2D eigenvalue weighted by molar-refractivity contribution is 6.05. The van der Waals surface area contributed by atoms with Gasteiger partial charge in [0.05, 0.1) is 12.7 Å². The topological polar surface area (TPSA) is 87.0 Å². The number of Topliss-reactive ketones (excluding diaryl/α,β-unsaturated/α-hetero) is 1. The van der Waals surface area contributed by atoms with E-state index in [0.29, 0.717) is 12.2 Å². The van der Waals surface area contributed by atoms with Gasteiger partial charge in [-0.2, -0.15) is 0 Å². The number of fused-ring (bicyclic) bond motifs is 2. The lowest BCUT2D eigenvalue weighted by Gasteiger charge is -2.73. The second-order valence-electron chi connectivity index (χ2n) is 9.89. The first kappa shape index (κ1) is 16.4. The van der Waals surface area contributed by atoms with E-state index in [1.165, 1.54) is 0 Å². The van der Waals surface area contributed by atoms with Gasteiger partial charge in [-0.1, -0.05) is 26.8 Å². The third-order valence-corrected chi connectivity index (χ3v) is 8.77. The average molecular weight is 348 g/mol. The number of aliphatic hydroxyl groups is 3. The van der Waals surface area contributed by atoms with Gasteiger partial charge in [-0.3, -0.25) is 4.79 Å². The molecule has 4 saturated carbocycles. The summed E-state index contributed by atoms with van der Waals surface area (Å²) in [7, 11) is 0. The van der Waals surface area contributed by atoms with Crippen molar-refractivity contribution in [1.29, 1.82) is 0 Å². The fraction of sp³-hybridized carbons (Fsp3) is 0.850. The van der Waals surface area contributed by atoms with Gasteiger partial charge in [0.15, 0.2) is 5.78 Å². The number of hydrogen-bond donors (Lipinski definition) is 3. The van der Waals surface area contributed by atoms with E-state index in [1.54, 1.807) is 0 Å². The minimum absolute atomic E-state index is 0.131. The van der Waals surface area contributed by atoms with E-state index in [2.05, 4.69) is 20.4 Å². The van der Waals surface area contributed by atoms with E-state index in [0.717, 1.165) is 32.1 Å². The number of aliphatic hydroxyl groups excluding tert-OH is 2. The van der Waals surface area contributed by atoms with Crippen LogP contribution in [0.2, 0.25) is 0 Å². The van der Waals surface area contributed by atoms with Crippen LogP contribution >= 0.6 is 0 Å². The lowest BCUT2D eigenvalue weighted by atomic mass is 9.36. The van der Waals surface area contributed by atoms with Crippen molar-refractivity contribution in [1.82, 2.24) is 0 Å². The normalized spacial score (nSPS) is 58.8. The molecule has 5 nitrogen and oxygen atoms in total. The van der Waals surface area contributed by atoms with Crippen molar-refractivity contribution in [3.8, 4) is 0 Å². The molecule has 0 aromatic heterocycles. The SMILES string of the molecule is C=C1C(=O)C23C(O)C1CCC2C12CCCC(C)(C)C1C(O)C3(O)OC2. The Bertz CT molecular complexity index is 686. The van der Waals surface area contributed by atoms with Gasteiger partial charge in [0.2, 0.25) is 5.79 Å². The zero-order valence-electron chi connectivity index (χ0n) is 15.0.